The number of ketones is 1. The van der Waals surface area contributed by atoms with Crippen molar-refractivity contribution in [2.45, 2.75) is 20.0 Å². The van der Waals surface area contributed by atoms with Crippen LogP contribution in [-0.2, 0) is 4.79 Å². The lowest BCUT2D eigenvalue weighted by atomic mass is 9.37. The number of nitrogens with one attached hydrogen (secondary N) is 2. The molecule has 0 aromatic heterocycles. The number of hydrogen-bond acceptors (Lipinski definition) is 2. The van der Waals surface area contributed by atoms with Crippen molar-refractivity contribution in [2.24, 2.45) is 0 Å². The Bertz CT molecular complexity index is 851. The molecule has 0 atom stereocenters. The predicted octanol–water partition coefficient (Wildman–Crippen LogP) is 0.793. The van der Waals surface area contributed by atoms with Crippen LogP contribution in [0.3, 0.4) is 0 Å². The minimum absolute atomic E-state index is 0.205. The van der Waals surface area contributed by atoms with E-state index in [9.17, 15) is 18.0 Å². The molecular weight excluding hydrogens is 340 g/mol. The van der Waals surface area contributed by atoms with Gasteiger partial charge >= 0.3 is 12.6 Å². The van der Waals surface area contributed by atoms with E-state index in [-0.39, 0.29) is 11.3 Å². The number of allylic oxidation sites excluding steroid dienone is 2. The average molecular weight is 358 g/mol. The molecule has 0 bridgehead atoms. The SMILES string of the molecule is CC(=O)C1=C(C)N[B-](c2ccccc2)(c2ccccc2)[NH+]=C1C(F)(F)F. The molecule has 2 aromatic rings. The van der Waals surface area contributed by atoms with Crippen molar-refractivity contribution in [3.8, 4) is 0 Å². The van der Waals surface area contributed by atoms with Crippen LogP contribution in [0.25, 0.3) is 0 Å². The first-order valence-corrected chi connectivity index (χ1v) is 8.25. The van der Waals surface area contributed by atoms with Gasteiger partial charge in [-0.2, -0.15) is 13.2 Å². The second kappa shape index (κ2) is 6.48. The Hall–Kier alpha value is -2.83. The maximum Gasteiger partial charge on any atom is 0.472 e. The van der Waals surface area contributed by atoms with Crippen LogP contribution in [0.4, 0.5) is 13.2 Å². The lowest BCUT2D eigenvalue weighted by Crippen LogP contribution is -3.06. The lowest BCUT2D eigenvalue weighted by Gasteiger charge is -2.38. The van der Waals surface area contributed by atoms with Crippen LogP contribution in [0.2, 0.25) is 0 Å². The van der Waals surface area contributed by atoms with Gasteiger partial charge in [-0.15, -0.1) is 10.9 Å². The average Bonchev–Trinajstić information content (AvgIpc) is 2.61. The summed E-state index contributed by atoms with van der Waals surface area (Å²) in [6.07, 6.45) is -6.87. The first-order valence-electron chi connectivity index (χ1n) is 8.25. The van der Waals surface area contributed by atoms with Gasteiger partial charge in [0.05, 0.1) is 0 Å². The number of Topliss-reactive ketones (excluding diaryl/α,β-unsaturated/α-hetero) is 1. The van der Waals surface area contributed by atoms with Crippen molar-refractivity contribution in [1.29, 1.82) is 0 Å². The summed E-state index contributed by atoms with van der Waals surface area (Å²) >= 11 is 0. The van der Waals surface area contributed by atoms with Crippen molar-refractivity contribution in [1.82, 2.24) is 5.23 Å². The molecule has 0 fully saturated rings. The molecule has 0 unspecified atom stereocenters. The fourth-order valence-corrected chi connectivity index (χ4v) is 3.58. The summed E-state index contributed by atoms with van der Waals surface area (Å²) in [6, 6.07) is 17.8. The highest BCUT2D eigenvalue weighted by Gasteiger charge is 2.51. The largest absolute Gasteiger partial charge is 0.493 e. The fourth-order valence-electron chi connectivity index (χ4n) is 3.58. The highest BCUT2D eigenvalue weighted by atomic mass is 19.4. The van der Waals surface area contributed by atoms with Crippen LogP contribution in [0.5, 0.6) is 0 Å². The summed E-state index contributed by atoms with van der Waals surface area (Å²) in [6.45, 7) is 2.64. The summed E-state index contributed by atoms with van der Waals surface area (Å²) in [5.41, 5.74) is 0.178. The van der Waals surface area contributed by atoms with E-state index in [0.29, 0.717) is 10.9 Å². The van der Waals surface area contributed by atoms with Gasteiger partial charge in [0.1, 0.15) is 5.57 Å². The molecule has 0 amide bonds. The highest BCUT2D eigenvalue weighted by molar-refractivity contribution is 6.94. The van der Waals surface area contributed by atoms with Gasteiger partial charge in [-0.1, -0.05) is 60.7 Å². The number of carbonyl (C=O) groups excluding carboxylic acids is 1. The maximum absolute atomic E-state index is 13.8. The van der Waals surface area contributed by atoms with E-state index in [1.807, 2.05) is 0 Å². The van der Waals surface area contributed by atoms with Crippen molar-refractivity contribution in [3.05, 3.63) is 71.9 Å². The standard InChI is InChI=1S/C19H18BF3N2O/c1-13-17(14(2)26)18(19(21,22)23)25-20(24-13,15-9-5-3-6-10-15)16-11-7-4-8-12-16/h3-12,24-25H,1-2H3. The van der Waals surface area contributed by atoms with Gasteiger partial charge in [-0.25, -0.2) is 0 Å². The predicted molar refractivity (Wildman–Crippen MR) is 96.4 cm³/mol. The summed E-state index contributed by atoms with van der Waals surface area (Å²) in [4.78, 5) is 14.6. The zero-order valence-corrected chi connectivity index (χ0v) is 14.4. The van der Waals surface area contributed by atoms with E-state index in [1.165, 1.54) is 6.92 Å². The first-order chi connectivity index (χ1) is 12.3. The summed E-state index contributed by atoms with van der Waals surface area (Å²) in [7, 11) is 0. The molecule has 2 N–H and O–H groups in total. The smallest absolute Gasteiger partial charge is 0.472 e. The van der Waals surface area contributed by atoms with Crippen LogP contribution in [0.15, 0.2) is 71.9 Å². The number of hydrogen-bond donors (Lipinski definition) is 2. The van der Waals surface area contributed by atoms with Gasteiger partial charge in [-0.3, -0.25) is 4.79 Å². The maximum atomic E-state index is 13.8. The van der Waals surface area contributed by atoms with Crippen molar-refractivity contribution >= 4 is 28.8 Å². The molecular formula is C19H18BF3N2O. The van der Waals surface area contributed by atoms with E-state index in [2.05, 4.69) is 10.1 Å². The van der Waals surface area contributed by atoms with E-state index >= 15 is 0 Å². The number of halogens is 3. The second-order valence-electron chi connectivity index (χ2n) is 6.41. The molecule has 0 spiro atoms. The molecule has 0 aliphatic carbocycles. The molecule has 0 saturated carbocycles. The van der Waals surface area contributed by atoms with Crippen LogP contribution in [-0.4, -0.2) is 24.1 Å². The van der Waals surface area contributed by atoms with E-state index in [4.69, 9.17) is 0 Å². The van der Waals surface area contributed by atoms with Crippen LogP contribution < -0.4 is 21.1 Å². The molecule has 1 aliphatic heterocycles. The molecule has 3 rings (SSSR count). The van der Waals surface area contributed by atoms with Crippen molar-refractivity contribution in [3.63, 3.8) is 0 Å². The van der Waals surface area contributed by atoms with Crippen LogP contribution >= 0.6 is 0 Å². The molecule has 1 heterocycles. The molecule has 2 aromatic carbocycles. The monoisotopic (exact) mass is 358 g/mol. The van der Waals surface area contributed by atoms with Crippen molar-refractivity contribution in [2.75, 3.05) is 0 Å². The number of benzene rings is 2. The number of alkyl halides is 3. The Balaban J connectivity index is 2.34. The van der Waals surface area contributed by atoms with Crippen LogP contribution in [0.1, 0.15) is 13.8 Å². The van der Waals surface area contributed by atoms with Gasteiger partial charge in [0, 0.05) is 0 Å². The van der Waals surface area contributed by atoms with E-state index in [1.54, 1.807) is 60.7 Å². The molecule has 3 nitrogen and oxygen atoms in total. The van der Waals surface area contributed by atoms with Crippen LogP contribution in [0, 0.1) is 0 Å². The van der Waals surface area contributed by atoms with Gasteiger partial charge < -0.3 is 10.1 Å². The number of rotatable bonds is 3. The zero-order valence-electron chi connectivity index (χ0n) is 14.4. The third-order valence-corrected chi connectivity index (χ3v) is 4.65. The Morgan fingerprint density at radius 1 is 0.962 bits per heavy atom. The van der Waals surface area contributed by atoms with Gasteiger partial charge in [0.2, 0.25) is 5.71 Å². The summed E-state index contributed by atoms with van der Waals surface area (Å²) in [5, 5.41) is 3.19. The molecule has 0 radical (unpaired) electrons. The minimum atomic E-state index is -4.68. The molecule has 0 saturated heterocycles. The minimum Gasteiger partial charge on any atom is -0.493 e. The normalized spacial score (nSPS) is 16.7. The quantitative estimate of drug-likeness (QED) is 0.797. The lowest BCUT2D eigenvalue weighted by molar-refractivity contribution is -0.322. The topological polar surface area (TPSA) is 43.1 Å². The van der Waals surface area contributed by atoms with Gasteiger partial charge in [-0.05, 0) is 19.5 Å². The Morgan fingerprint density at radius 2 is 1.42 bits per heavy atom. The van der Waals surface area contributed by atoms with Gasteiger partial charge in [0.15, 0.2) is 5.78 Å². The molecule has 1 aliphatic rings. The van der Waals surface area contributed by atoms with Gasteiger partial charge in [0.25, 0.3) is 0 Å². The molecule has 7 heteroatoms. The Labute approximate surface area is 149 Å². The zero-order chi connectivity index (χ0) is 18.9. The summed E-state index contributed by atoms with van der Waals surface area (Å²) in [5.74, 6) is -0.639. The van der Waals surface area contributed by atoms with E-state index in [0.717, 1.165) is 6.92 Å². The van der Waals surface area contributed by atoms with Crippen molar-refractivity contribution < 1.29 is 22.9 Å². The number of carbonyl (C=O) groups is 1. The third-order valence-electron chi connectivity index (χ3n) is 4.65. The van der Waals surface area contributed by atoms with E-state index < -0.39 is 24.1 Å². The Morgan fingerprint density at radius 3 is 1.81 bits per heavy atom. The molecule has 134 valence electrons. The fraction of sp³-hybridized carbons (Fsp3) is 0.158. The first kappa shape index (κ1) is 18.0. The highest BCUT2D eigenvalue weighted by Crippen LogP contribution is 2.23. The third kappa shape index (κ3) is 3.05. The Kier molecular flexibility index (Phi) is 4.48. The second-order valence-corrected chi connectivity index (χ2v) is 6.41. The summed E-state index contributed by atoms with van der Waals surface area (Å²) < 4.78 is 41.4. The molecule has 26 heavy (non-hydrogen) atoms.